The molecular weight excluding hydrogens is 661 g/mol. The molecule has 2 unspecified atom stereocenters. The summed E-state index contributed by atoms with van der Waals surface area (Å²) >= 11 is 0. The van der Waals surface area contributed by atoms with Crippen molar-refractivity contribution < 1.29 is 28.4 Å². The van der Waals surface area contributed by atoms with Crippen LogP contribution in [0, 0.1) is 5.41 Å². The van der Waals surface area contributed by atoms with Gasteiger partial charge in [0.2, 0.25) is 0 Å². The van der Waals surface area contributed by atoms with Crippen molar-refractivity contribution in [3.63, 3.8) is 0 Å². The monoisotopic (exact) mass is 722 g/mol. The molecule has 0 saturated carbocycles. The topological polar surface area (TPSA) is 62.0 Å². The van der Waals surface area contributed by atoms with Gasteiger partial charge in [0.1, 0.15) is 31.2 Å². The van der Waals surface area contributed by atoms with Crippen LogP contribution in [0.4, 0.5) is 0 Å². The fourth-order valence-corrected chi connectivity index (χ4v) is 6.29. The quantitative estimate of drug-likeness (QED) is 0.0374. The normalized spacial score (nSPS) is 17.8. The van der Waals surface area contributed by atoms with Crippen LogP contribution in [-0.4, -0.2) is 65.6 Å². The predicted molar refractivity (Wildman–Crippen MR) is 220 cm³/mol. The van der Waals surface area contributed by atoms with Crippen molar-refractivity contribution in [3.05, 3.63) is 125 Å². The van der Waals surface area contributed by atoms with E-state index in [1.807, 2.05) is 6.92 Å². The molecule has 0 radical (unpaired) electrons. The summed E-state index contributed by atoms with van der Waals surface area (Å²) in [6.07, 6.45) is 11.7. The number of hydrogen-bond donors (Lipinski definition) is 0. The molecule has 2 aliphatic rings. The van der Waals surface area contributed by atoms with E-state index in [0.29, 0.717) is 33.0 Å². The lowest BCUT2D eigenvalue weighted by molar-refractivity contribution is 0.141. The Morgan fingerprint density at radius 3 is 2.19 bits per heavy atom. The molecule has 4 rings (SSSR count). The zero-order valence-electron chi connectivity index (χ0n) is 33.6. The van der Waals surface area contributed by atoms with Gasteiger partial charge in [0.15, 0.2) is 0 Å². The van der Waals surface area contributed by atoms with Gasteiger partial charge >= 0.3 is 0 Å². The van der Waals surface area contributed by atoms with Gasteiger partial charge in [0.05, 0.1) is 38.8 Å². The van der Waals surface area contributed by atoms with E-state index >= 15 is 0 Å². The summed E-state index contributed by atoms with van der Waals surface area (Å²) in [5.74, 6) is 1.75. The third kappa shape index (κ3) is 14.8. The second-order valence-corrected chi connectivity index (χ2v) is 15.5. The van der Waals surface area contributed by atoms with Crippen molar-refractivity contribution in [2.45, 2.75) is 79.9 Å². The Morgan fingerprint density at radius 2 is 1.55 bits per heavy atom. The van der Waals surface area contributed by atoms with Gasteiger partial charge in [0.25, 0.3) is 0 Å². The number of hydrogen-bond acceptors (Lipinski definition) is 6. The number of ether oxygens (including phenoxy) is 6. The molecule has 0 aliphatic carbocycles. The Bertz CT molecular complexity index is 1730. The highest BCUT2D eigenvalue weighted by Gasteiger charge is 2.24. The minimum Gasteiger partial charge on any atom is -0.495 e. The van der Waals surface area contributed by atoms with E-state index in [0.717, 1.165) is 105 Å². The Hall–Kier alpha value is -3.94. The first-order valence-corrected chi connectivity index (χ1v) is 18.8. The van der Waals surface area contributed by atoms with E-state index in [-0.39, 0.29) is 17.6 Å². The number of epoxide rings is 2. The molecule has 2 saturated heterocycles. The van der Waals surface area contributed by atoms with Crippen molar-refractivity contribution >= 4 is 11.1 Å². The van der Waals surface area contributed by atoms with E-state index < -0.39 is 0 Å². The molecule has 2 aromatic carbocycles. The highest BCUT2D eigenvalue weighted by atomic mass is 16.6. The zero-order valence-corrected chi connectivity index (χ0v) is 33.6. The maximum atomic E-state index is 6.18. The average Bonchev–Trinajstić information content (AvgIpc) is 4.02. The van der Waals surface area contributed by atoms with Crippen LogP contribution in [0.15, 0.2) is 108 Å². The number of rotatable bonds is 23. The van der Waals surface area contributed by atoms with Crippen LogP contribution in [0.2, 0.25) is 0 Å². The van der Waals surface area contributed by atoms with E-state index in [1.54, 1.807) is 7.11 Å². The summed E-state index contributed by atoms with van der Waals surface area (Å²) in [5, 5.41) is 0. The van der Waals surface area contributed by atoms with Crippen molar-refractivity contribution in [2.24, 2.45) is 5.41 Å². The predicted octanol–water partition coefficient (Wildman–Crippen LogP) is 10.9. The largest absolute Gasteiger partial charge is 0.495 e. The second kappa shape index (κ2) is 19.9. The summed E-state index contributed by atoms with van der Waals surface area (Å²) in [5.41, 5.74) is 12.1. The highest BCUT2D eigenvalue weighted by Crippen LogP contribution is 2.36. The van der Waals surface area contributed by atoms with Gasteiger partial charge in [-0.05, 0) is 134 Å². The van der Waals surface area contributed by atoms with E-state index in [9.17, 15) is 0 Å². The Labute approximate surface area is 319 Å². The molecular formula is C47H62O6. The van der Waals surface area contributed by atoms with Crippen LogP contribution in [0.5, 0.6) is 5.75 Å². The first-order chi connectivity index (χ1) is 25.2. The molecule has 53 heavy (non-hydrogen) atoms. The molecule has 0 N–H and O–H groups in total. The molecule has 0 aromatic heterocycles. The second-order valence-electron chi connectivity index (χ2n) is 15.5. The number of methoxy groups -OCH3 is 1. The number of allylic oxidation sites excluding steroid dienone is 10. The minimum absolute atomic E-state index is 0.123. The molecule has 2 aromatic rings. The highest BCUT2D eigenvalue weighted by molar-refractivity contribution is 5.83. The molecule has 2 heterocycles. The Morgan fingerprint density at radius 1 is 0.849 bits per heavy atom. The van der Waals surface area contributed by atoms with Crippen molar-refractivity contribution in [3.8, 4) is 16.9 Å². The van der Waals surface area contributed by atoms with Gasteiger partial charge in [-0.1, -0.05) is 74.1 Å². The Kier molecular flexibility index (Phi) is 15.7. The summed E-state index contributed by atoms with van der Waals surface area (Å²) in [6.45, 7) is 31.8. The van der Waals surface area contributed by atoms with Gasteiger partial charge in [0, 0.05) is 7.11 Å². The SMILES string of the molecule is C=C(C)CC(/C=C(\C)c1cc(C(/C=C\COCC2CO2)=C/C(C)(C)CC(=C)C)cc(-c2ccc(OCCOC)c(CC(=C)C)c2)c1)=C(/C)OCC1CO1. The molecule has 2 aliphatic heterocycles. The fraction of sp³-hybridized carbons (Fsp3) is 0.447. The lowest BCUT2D eigenvalue weighted by atomic mass is 9.82. The summed E-state index contributed by atoms with van der Waals surface area (Å²) in [4.78, 5) is 0. The van der Waals surface area contributed by atoms with E-state index in [4.69, 9.17) is 28.4 Å². The maximum absolute atomic E-state index is 6.18. The van der Waals surface area contributed by atoms with Crippen LogP contribution in [0.3, 0.4) is 0 Å². The lowest BCUT2D eigenvalue weighted by Gasteiger charge is -2.23. The van der Waals surface area contributed by atoms with Gasteiger partial charge in [-0.15, -0.1) is 6.58 Å². The van der Waals surface area contributed by atoms with E-state index in [1.165, 1.54) is 0 Å². The molecule has 286 valence electrons. The minimum atomic E-state index is -0.123. The van der Waals surface area contributed by atoms with Gasteiger partial charge in [-0.2, -0.15) is 0 Å². The van der Waals surface area contributed by atoms with Gasteiger partial charge < -0.3 is 28.4 Å². The van der Waals surface area contributed by atoms with E-state index in [2.05, 4.69) is 122 Å². The molecule has 0 amide bonds. The van der Waals surface area contributed by atoms with Gasteiger partial charge in [-0.25, -0.2) is 0 Å². The van der Waals surface area contributed by atoms with Crippen LogP contribution in [-0.2, 0) is 30.1 Å². The fourth-order valence-electron chi connectivity index (χ4n) is 6.29. The molecule has 2 atom stereocenters. The first-order valence-electron chi connectivity index (χ1n) is 18.8. The third-order valence-corrected chi connectivity index (χ3v) is 8.90. The van der Waals surface area contributed by atoms with Crippen LogP contribution in [0.25, 0.3) is 22.3 Å². The van der Waals surface area contributed by atoms with Gasteiger partial charge in [-0.3, -0.25) is 0 Å². The average molecular weight is 723 g/mol. The van der Waals surface area contributed by atoms with Crippen LogP contribution < -0.4 is 4.74 Å². The third-order valence-electron chi connectivity index (χ3n) is 8.90. The maximum Gasteiger partial charge on any atom is 0.122 e. The van der Waals surface area contributed by atoms with Crippen molar-refractivity contribution in [2.75, 3.05) is 53.4 Å². The molecule has 0 spiro atoms. The summed E-state index contributed by atoms with van der Waals surface area (Å²) in [6, 6.07) is 13.3. The zero-order chi connectivity index (χ0) is 38.5. The molecule has 6 heteroatoms. The smallest absolute Gasteiger partial charge is 0.122 e. The lowest BCUT2D eigenvalue weighted by Crippen LogP contribution is -2.09. The summed E-state index contributed by atoms with van der Waals surface area (Å²) in [7, 11) is 1.69. The Balaban J connectivity index is 1.87. The standard InChI is InChI=1S/C47H62O6/c1-32(2)19-40(36(8)51-29-45-31-53-45)21-35(7)39-23-41(37-14-15-46(50-18-17-48-11)43(22-37)20-33(3)4)25-42(24-39)38(27-47(9,10)26-34(5)6)13-12-16-49-28-44-30-52-44/h12-15,21-25,27,44-45H,1,3,5,16-20,26,28-31H2,2,4,6-11H3/b13-12-,35-21+,38-27+,40-36+. The van der Waals surface area contributed by atoms with Crippen LogP contribution in [0.1, 0.15) is 78.0 Å². The first kappa shape index (κ1) is 41.8. The van der Waals surface area contributed by atoms with Crippen LogP contribution >= 0.6 is 0 Å². The van der Waals surface area contributed by atoms with Crippen molar-refractivity contribution in [1.82, 2.24) is 0 Å². The molecule has 0 bridgehead atoms. The molecule has 6 nitrogen and oxygen atoms in total. The van der Waals surface area contributed by atoms with Crippen molar-refractivity contribution in [1.29, 1.82) is 0 Å². The summed E-state index contributed by atoms with van der Waals surface area (Å²) < 4.78 is 34.2. The molecule has 2 fully saturated rings. The number of benzene rings is 2.